The maximum atomic E-state index is 11.9. The lowest BCUT2D eigenvalue weighted by Crippen LogP contribution is -2.37. The quantitative estimate of drug-likeness (QED) is 0.626. The first kappa shape index (κ1) is 16.2. The summed E-state index contributed by atoms with van der Waals surface area (Å²) < 4.78 is 24.4. The Hall–Kier alpha value is -1.87. The monoisotopic (exact) mass is 322 g/mol. The van der Waals surface area contributed by atoms with Crippen molar-refractivity contribution in [1.29, 1.82) is 0 Å². The molecule has 0 aliphatic rings. The minimum atomic E-state index is -3.93. The molecule has 0 saturated carbocycles. The van der Waals surface area contributed by atoms with Gasteiger partial charge < -0.3 is 5.11 Å². The highest BCUT2D eigenvalue weighted by atomic mass is 35.5. The Morgan fingerprint density at radius 3 is 2.55 bits per heavy atom. The lowest BCUT2D eigenvalue weighted by molar-refractivity contribution is -0.384. The minimum absolute atomic E-state index is 0.0890. The van der Waals surface area contributed by atoms with Gasteiger partial charge in [0.05, 0.1) is 21.4 Å². The van der Waals surface area contributed by atoms with E-state index in [1.54, 1.807) is 0 Å². The number of nitro benzene ring substituents is 1. The van der Waals surface area contributed by atoms with Crippen LogP contribution in [-0.2, 0) is 14.8 Å². The van der Waals surface area contributed by atoms with Crippen LogP contribution in [0.2, 0.25) is 5.02 Å². The number of carboxylic acid groups (broad SMARTS) is 1. The molecule has 0 saturated heterocycles. The van der Waals surface area contributed by atoms with Gasteiger partial charge in [-0.1, -0.05) is 11.6 Å². The predicted octanol–water partition coefficient (Wildman–Crippen LogP) is 1.49. The van der Waals surface area contributed by atoms with Crippen LogP contribution in [0.15, 0.2) is 18.2 Å². The Labute approximate surface area is 119 Å². The molecule has 0 fully saturated rings. The van der Waals surface area contributed by atoms with E-state index in [9.17, 15) is 23.3 Å². The van der Waals surface area contributed by atoms with Crippen molar-refractivity contribution < 1.29 is 23.2 Å². The van der Waals surface area contributed by atoms with E-state index < -0.39 is 27.5 Å². The number of sulfonamides is 1. The normalized spacial score (nSPS) is 11.1. The number of carboxylic acids is 1. The molecule has 0 heterocycles. The molecule has 0 amide bonds. The van der Waals surface area contributed by atoms with Crippen LogP contribution in [0, 0.1) is 10.1 Å². The van der Waals surface area contributed by atoms with Gasteiger partial charge in [0.15, 0.2) is 0 Å². The van der Waals surface area contributed by atoms with Crippen LogP contribution in [0.1, 0.15) is 6.92 Å². The SMILES string of the molecule is CCS(=O)(=O)N(CC(=O)O)c1cc([N+](=O)[O-])ccc1Cl. The second-order valence-electron chi connectivity index (χ2n) is 3.69. The second kappa shape index (κ2) is 6.06. The molecule has 1 rings (SSSR count). The van der Waals surface area contributed by atoms with Gasteiger partial charge in [-0.25, -0.2) is 8.42 Å². The first-order chi connectivity index (χ1) is 9.19. The number of benzene rings is 1. The van der Waals surface area contributed by atoms with E-state index in [1.807, 2.05) is 0 Å². The van der Waals surface area contributed by atoms with Crippen molar-refractivity contribution >= 4 is 39.0 Å². The van der Waals surface area contributed by atoms with Gasteiger partial charge in [-0.2, -0.15) is 0 Å². The van der Waals surface area contributed by atoms with Crippen molar-refractivity contribution in [2.75, 3.05) is 16.6 Å². The van der Waals surface area contributed by atoms with E-state index in [1.165, 1.54) is 6.92 Å². The first-order valence-electron chi connectivity index (χ1n) is 5.35. The van der Waals surface area contributed by atoms with Gasteiger partial charge in [-0.15, -0.1) is 0 Å². The molecule has 0 bridgehead atoms. The number of anilines is 1. The van der Waals surface area contributed by atoms with Crippen LogP contribution < -0.4 is 4.31 Å². The van der Waals surface area contributed by atoms with Crippen LogP contribution in [-0.4, -0.2) is 36.7 Å². The molecule has 110 valence electrons. The molecule has 1 aromatic carbocycles. The molecular weight excluding hydrogens is 312 g/mol. The Kier molecular flexibility index (Phi) is 4.90. The summed E-state index contributed by atoms with van der Waals surface area (Å²) in [6.07, 6.45) is 0. The van der Waals surface area contributed by atoms with Crippen molar-refractivity contribution in [2.45, 2.75) is 6.92 Å². The fourth-order valence-electron chi connectivity index (χ4n) is 1.42. The van der Waals surface area contributed by atoms with Crippen LogP contribution in [0.4, 0.5) is 11.4 Å². The number of non-ortho nitro benzene ring substituents is 1. The summed E-state index contributed by atoms with van der Waals surface area (Å²) >= 11 is 5.82. The fourth-order valence-corrected chi connectivity index (χ4v) is 2.76. The topological polar surface area (TPSA) is 118 Å². The lowest BCUT2D eigenvalue weighted by Gasteiger charge is -2.22. The summed E-state index contributed by atoms with van der Waals surface area (Å²) in [4.78, 5) is 20.8. The van der Waals surface area contributed by atoms with Gasteiger partial charge >= 0.3 is 5.97 Å². The summed E-state index contributed by atoms with van der Waals surface area (Å²) in [6.45, 7) is 0.465. The third-order valence-corrected chi connectivity index (χ3v) is 4.44. The molecule has 1 N–H and O–H groups in total. The Bertz CT molecular complexity index is 645. The number of carbonyl (C=O) groups is 1. The number of nitro groups is 1. The highest BCUT2D eigenvalue weighted by molar-refractivity contribution is 7.92. The predicted molar refractivity (Wildman–Crippen MR) is 72.5 cm³/mol. The van der Waals surface area contributed by atoms with Gasteiger partial charge in [0, 0.05) is 12.1 Å². The molecule has 0 atom stereocenters. The molecule has 0 aliphatic carbocycles. The smallest absolute Gasteiger partial charge is 0.324 e. The third kappa shape index (κ3) is 3.58. The van der Waals surface area contributed by atoms with Gasteiger partial charge in [-0.3, -0.25) is 19.2 Å². The van der Waals surface area contributed by atoms with E-state index >= 15 is 0 Å². The van der Waals surface area contributed by atoms with Gasteiger partial charge in [0.1, 0.15) is 6.54 Å². The molecule has 0 radical (unpaired) electrons. The minimum Gasteiger partial charge on any atom is -0.480 e. The van der Waals surface area contributed by atoms with E-state index in [-0.39, 0.29) is 22.2 Å². The Morgan fingerprint density at radius 1 is 1.50 bits per heavy atom. The molecule has 0 aliphatic heterocycles. The van der Waals surface area contributed by atoms with Crippen LogP contribution in [0.25, 0.3) is 0 Å². The van der Waals surface area contributed by atoms with Gasteiger partial charge in [-0.05, 0) is 13.0 Å². The summed E-state index contributed by atoms with van der Waals surface area (Å²) in [7, 11) is -3.93. The van der Waals surface area contributed by atoms with E-state index in [0.717, 1.165) is 18.2 Å². The molecule has 0 unspecified atom stereocenters. The molecule has 10 heteroatoms. The number of nitrogens with zero attached hydrogens (tertiary/aromatic N) is 2. The van der Waals surface area contributed by atoms with Crippen molar-refractivity contribution in [3.63, 3.8) is 0 Å². The highest BCUT2D eigenvalue weighted by Gasteiger charge is 2.26. The average Bonchev–Trinajstić information content (AvgIpc) is 2.36. The number of hydrogen-bond acceptors (Lipinski definition) is 5. The zero-order valence-corrected chi connectivity index (χ0v) is 11.9. The van der Waals surface area contributed by atoms with E-state index in [4.69, 9.17) is 16.7 Å². The fraction of sp³-hybridized carbons (Fsp3) is 0.300. The summed E-state index contributed by atoms with van der Waals surface area (Å²) in [5.74, 6) is -1.76. The molecule has 0 aromatic heterocycles. The van der Waals surface area contributed by atoms with Crippen molar-refractivity contribution in [3.8, 4) is 0 Å². The average molecular weight is 323 g/mol. The lowest BCUT2D eigenvalue weighted by atomic mass is 10.3. The van der Waals surface area contributed by atoms with E-state index in [2.05, 4.69) is 0 Å². The van der Waals surface area contributed by atoms with Crippen molar-refractivity contribution in [3.05, 3.63) is 33.3 Å². The molecule has 8 nitrogen and oxygen atoms in total. The number of rotatable bonds is 6. The first-order valence-corrected chi connectivity index (χ1v) is 7.34. The maximum Gasteiger partial charge on any atom is 0.324 e. The van der Waals surface area contributed by atoms with E-state index in [0.29, 0.717) is 4.31 Å². The zero-order valence-electron chi connectivity index (χ0n) is 10.3. The Morgan fingerprint density at radius 2 is 2.10 bits per heavy atom. The number of hydrogen-bond donors (Lipinski definition) is 1. The number of aliphatic carboxylic acids is 1. The molecule has 20 heavy (non-hydrogen) atoms. The zero-order chi connectivity index (χ0) is 15.5. The van der Waals surface area contributed by atoms with Crippen molar-refractivity contribution in [2.24, 2.45) is 0 Å². The van der Waals surface area contributed by atoms with Gasteiger partial charge in [0.2, 0.25) is 10.0 Å². The maximum absolute atomic E-state index is 11.9. The molecule has 0 spiro atoms. The second-order valence-corrected chi connectivity index (χ2v) is 6.28. The third-order valence-electron chi connectivity index (χ3n) is 2.39. The highest BCUT2D eigenvalue weighted by Crippen LogP contribution is 2.31. The van der Waals surface area contributed by atoms with Gasteiger partial charge in [0.25, 0.3) is 5.69 Å². The number of halogens is 1. The molecule has 1 aromatic rings. The van der Waals surface area contributed by atoms with Crippen LogP contribution in [0.3, 0.4) is 0 Å². The standard InChI is InChI=1S/C10H11ClN2O6S/c1-2-20(18,19)12(6-10(14)15)9-5-7(13(16)17)3-4-8(9)11/h3-5H,2,6H2,1H3,(H,14,15). The van der Waals surface area contributed by atoms with Crippen molar-refractivity contribution in [1.82, 2.24) is 0 Å². The molecular formula is C10H11ClN2O6S. The summed E-state index contributed by atoms with van der Waals surface area (Å²) in [5.41, 5.74) is -0.615. The summed E-state index contributed by atoms with van der Waals surface area (Å²) in [6, 6.07) is 3.18. The summed E-state index contributed by atoms with van der Waals surface area (Å²) in [5, 5.41) is 19.4. The Balaban J connectivity index is 3.44. The van der Waals surface area contributed by atoms with Crippen LogP contribution in [0.5, 0.6) is 0 Å². The largest absolute Gasteiger partial charge is 0.480 e. The van der Waals surface area contributed by atoms with Crippen LogP contribution >= 0.6 is 11.6 Å².